The van der Waals surface area contributed by atoms with Crippen LogP contribution in [0.5, 0.6) is 0 Å². The SMILES string of the molecule is CC(C)C(C)CNCc1cc(F)c(F)c(F)c1. The predicted octanol–water partition coefficient (Wildman–Crippen LogP) is 3.49. The first-order valence-corrected chi connectivity index (χ1v) is 5.76. The van der Waals surface area contributed by atoms with E-state index < -0.39 is 17.5 Å². The zero-order valence-electron chi connectivity index (χ0n) is 10.4. The van der Waals surface area contributed by atoms with Crippen LogP contribution in [0.2, 0.25) is 0 Å². The van der Waals surface area contributed by atoms with E-state index in [1.54, 1.807) is 0 Å². The van der Waals surface area contributed by atoms with Crippen LogP contribution in [-0.2, 0) is 6.54 Å². The highest BCUT2D eigenvalue weighted by Crippen LogP contribution is 2.14. The molecule has 0 bridgehead atoms. The third kappa shape index (κ3) is 4.04. The lowest BCUT2D eigenvalue weighted by Crippen LogP contribution is -2.23. The van der Waals surface area contributed by atoms with Crippen molar-refractivity contribution < 1.29 is 13.2 Å². The molecule has 0 aliphatic heterocycles. The van der Waals surface area contributed by atoms with Crippen LogP contribution in [0.4, 0.5) is 13.2 Å². The van der Waals surface area contributed by atoms with E-state index in [2.05, 4.69) is 26.1 Å². The van der Waals surface area contributed by atoms with Gasteiger partial charge in [0.15, 0.2) is 17.5 Å². The minimum absolute atomic E-state index is 0.338. The van der Waals surface area contributed by atoms with Crippen LogP contribution < -0.4 is 5.32 Å². The summed E-state index contributed by atoms with van der Waals surface area (Å²) in [4.78, 5) is 0. The summed E-state index contributed by atoms with van der Waals surface area (Å²) in [6, 6.07) is 2.04. The average Bonchev–Trinajstić information content (AvgIpc) is 2.25. The lowest BCUT2D eigenvalue weighted by Gasteiger charge is -2.16. The zero-order valence-corrected chi connectivity index (χ0v) is 10.4. The molecule has 0 saturated carbocycles. The number of benzene rings is 1. The second-order valence-electron chi connectivity index (χ2n) is 4.73. The van der Waals surface area contributed by atoms with Gasteiger partial charge in [0.2, 0.25) is 0 Å². The summed E-state index contributed by atoms with van der Waals surface area (Å²) in [5, 5.41) is 3.10. The first-order valence-electron chi connectivity index (χ1n) is 5.76. The van der Waals surface area contributed by atoms with Gasteiger partial charge in [-0.15, -0.1) is 0 Å². The Labute approximate surface area is 100 Å². The summed E-state index contributed by atoms with van der Waals surface area (Å²) in [5.74, 6) is -2.67. The molecule has 1 nitrogen and oxygen atoms in total. The van der Waals surface area contributed by atoms with Gasteiger partial charge in [-0.3, -0.25) is 0 Å². The number of hydrogen-bond acceptors (Lipinski definition) is 1. The van der Waals surface area contributed by atoms with Crippen molar-refractivity contribution in [3.63, 3.8) is 0 Å². The highest BCUT2D eigenvalue weighted by Gasteiger charge is 2.11. The smallest absolute Gasteiger partial charge is 0.194 e. The molecule has 1 N–H and O–H groups in total. The maximum absolute atomic E-state index is 12.9. The molecule has 1 aromatic carbocycles. The fourth-order valence-electron chi connectivity index (χ4n) is 1.39. The maximum atomic E-state index is 12.9. The summed E-state index contributed by atoms with van der Waals surface area (Å²) < 4.78 is 38.5. The Bertz CT molecular complexity index is 354. The molecule has 0 aliphatic carbocycles. The molecule has 0 radical (unpaired) electrons. The fraction of sp³-hybridized carbons (Fsp3) is 0.538. The highest BCUT2D eigenvalue weighted by atomic mass is 19.2. The first kappa shape index (κ1) is 14.0. The van der Waals surface area contributed by atoms with Gasteiger partial charge in [-0.1, -0.05) is 20.8 Å². The van der Waals surface area contributed by atoms with Crippen molar-refractivity contribution in [2.75, 3.05) is 6.54 Å². The van der Waals surface area contributed by atoms with E-state index in [1.807, 2.05) is 0 Å². The summed E-state index contributed by atoms with van der Waals surface area (Å²) in [6.45, 7) is 7.43. The molecular formula is C13H18F3N. The molecule has 0 aromatic heterocycles. The molecule has 0 amide bonds. The third-order valence-corrected chi connectivity index (χ3v) is 2.98. The minimum atomic E-state index is -1.41. The Balaban J connectivity index is 2.53. The molecule has 0 spiro atoms. The van der Waals surface area contributed by atoms with Crippen molar-refractivity contribution in [2.45, 2.75) is 27.3 Å². The molecule has 1 aromatic rings. The zero-order chi connectivity index (χ0) is 13.0. The summed E-state index contributed by atoms with van der Waals surface area (Å²) in [6.07, 6.45) is 0. The van der Waals surface area contributed by atoms with Gasteiger partial charge in [-0.25, -0.2) is 13.2 Å². The van der Waals surface area contributed by atoms with Crippen LogP contribution in [0, 0.1) is 29.3 Å². The van der Waals surface area contributed by atoms with Crippen LogP contribution in [0.3, 0.4) is 0 Å². The average molecular weight is 245 g/mol. The van der Waals surface area contributed by atoms with Crippen molar-refractivity contribution in [2.24, 2.45) is 11.8 Å². The van der Waals surface area contributed by atoms with Crippen LogP contribution in [-0.4, -0.2) is 6.54 Å². The van der Waals surface area contributed by atoms with Gasteiger partial charge in [0.05, 0.1) is 0 Å². The third-order valence-electron chi connectivity index (χ3n) is 2.98. The topological polar surface area (TPSA) is 12.0 Å². The van der Waals surface area contributed by atoms with Gasteiger partial charge in [0.25, 0.3) is 0 Å². The molecule has 0 heterocycles. The van der Waals surface area contributed by atoms with Crippen molar-refractivity contribution in [1.82, 2.24) is 5.32 Å². The molecule has 1 unspecified atom stereocenters. The molecule has 1 atom stereocenters. The Hall–Kier alpha value is -1.03. The van der Waals surface area contributed by atoms with E-state index >= 15 is 0 Å². The number of hydrogen-bond donors (Lipinski definition) is 1. The Morgan fingerprint density at radius 2 is 1.59 bits per heavy atom. The van der Waals surface area contributed by atoms with E-state index in [0.717, 1.165) is 18.7 Å². The number of nitrogens with one attached hydrogen (secondary N) is 1. The van der Waals surface area contributed by atoms with Gasteiger partial charge in [0.1, 0.15) is 0 Å². The Morgan fingerprint density at radius 3 is 2.06 bits per heavy atom. The Kier molecular flexibility index (Phi) is 5.00. The van der Waals surface area contributed by atoms with Gasteiger partial charge in [0, 0.05) is 6.54 Å². The van der Waals surface area contributed by atoms with Crippen molar-refractivity contribution in [3.05, 3.63) is 35.1 Å². The van der Waals surface area contributed by atoms with E-state index in [9.17, 15) is 13.2 Å². The minimum Gasteiger partial charge on any atom is -0.312 e. The lowest BCUT2D eigenvalue weighted by atomic mass is 9.98. The van der Waals surface area contributed by atoms with Crippen LogP contribution in [0.1, 0.15) is 26.3 Å². The molecular weight excluding hydrogens is 227 g/mol. The molecule has 0 fully saturated rings. The molecule has 0 saturated heterocycles. The van der Waals surface area contributed by atoms with Gasteiger partial charge < -0.3 is 5.32 Å². The number of rotatable bonds is 5. The van der Waals surface area contributed by atoms with E-state index in [4.69, 9.17) is 0 Å². The fourth-order valence-corrected chi connectivity index (χ4v) is 1.39. The summed E-state index contributed by atoms with van der Waals surface area (Å²) in [7, 11) is 0. The van der Waals surface area contributed by atoms with Gasteiger partial charge in [-0.05, 0) is 36.1 Å². The van der Waals surface area contributed by atoms with E-state index in [0.29, 0.717) is 23.9 Å². The van der Waals surface area contributed by atoms with Crippen LogP contribution in [0.15, 0.2) is 12.1 Å². The highest BCUT2D eigenvalue weighted by molar-refractivity contribution is 5.19. The number of halogens is 3. The quantitative estimate of drug-likeness (QED) is 0.783. The maximum Gasteiger partial charge on any atom is 0.194 e. The van der Waals surface area contributed by atoms with Gasteiger partial charge >= 0.3 is 0 Å². The van der Waals surface area contributed by atoms with Crippen molar-refractivity contribution in [3.8, 4) is 0 Å². The largest absolute Gasteiger partial charge is 0.312 e. The predicted molar refractivity (Wildman–Crippen MR) is 62.0 cm³/mol. The van der Waals surface area contributed by atoms with Crippen LogP contribution >= 0.6 is 0 Å². The molecule has 4 heteroatoms. The van der Waals surface area contributed by atoms with E-state index in [1.165, 1.54) is 0 Å². The molecule has 96 valence electrons. The van der Waals surface area contributed by atoms with Crippen LogP contribution in [0.25, 0.3) is 0 Å². The second kappa shape index (κ2) is 6.05. The lowest BCUT2D eigenvalue weighted by molar-refractivity contribution is 0.391. The first-order chi connectivity index (χ1) is 7.91. The Morgan fingerprint density at radius 1 is 1.06 bits per heavy atom. The molecule has 17 heavy (non-hydrogen) atoms. The standard InChI is InChI=1S/C13H18F3N/c1-8(2)9(3)6-17-7-10-4-11(14)13(16)12(15)5-10/h4-5,8-9,17H,6-7H2,1-3H3. The molecule has 1 rings (SSSR count). The van der Waals surface area contributed by atoms with Crippen molar-refractivity contribution >= 4 is 0 Å². The summed E-state index contributed by atoms with van der Waals surface area (Å²) in [5.41, 5.74) is 0.414. The van der Waals surface area contributed by atoms with Crippen molar-refractivity contribution in [1.29, 1.82) is 0 Å². The monoisotopic (exact) mass is 245 g/mol. The normalized spacial score (nSPS) is 13.1. The van der Waals surface area contributed by atoms with E-state index in [-0.39, 0.29) is 0 Å². The summed E-state index contributed by atoms with van der Waals surface area (Å²) >= 11 is 0. The van der Waals surface area contributed by atoms with Gasteiger partial charge in [-0.2, -0.15) is 0 Å². The second-order valence-corrected chi connectivity index (χ2v) is 4.73. The molecule has 0 aliphatic rings.